The Bertz CT molecular complexity index is 4010. The van der Waals surface area contributed by atoms with Crippen LogP contribution in [0.2, 0.25) is 0 Å². The van der Waals surface area contributed by atoms with Crippen molar-refractivity contribution < 1.29 is 0 Å². The zero-order valence-electron chi connectivity index (χ0n) is 41.8. The molecule has 2 aliphatic rings. The van der Waals surface area contributed by atoms with Gasteiger partial charge >= 0.3 is 0 Å². The van der Waals surface area contributed by atoms with Gasteiger partial charge in [0.05, 0.1) is 21.9 Å². The topological polar surface area (TPSA) is 8.17 Å². The molecule has 0 fully saturated rings. The van der Waals surface area contributed by atoms with E-state index in [4.69, 9.17) is 0 Å². The van der Waals surface area contributed by atoms with Crippen molar-refractivity contribution >= 4 is 38.9 Å². The Hall–Kier alpha value is -9.76. The molecule has 12 aromatic carbocycles. The molecular weight excluding hydrogens is 917 g/mol. The first-order valence-corrected chi connectivity index (χ1v) is 26.4. The minimum absolute atomic E-state index is 0.497. The molecule has 0 unspecified atom stereocenters. The van der Waals surface area contributed by atoms with Crippen LogP contribution in [0.25, 0.3) is 60.9 Å². The highest BCUT2D eigenvalue weighted by molar-refractivity contribution is 6.09. The summed E-state index contributed by atoms with van der Waals surface area (Å²) in [5.41, 5.74) is 23.3. The van der Waals surface area contributed by atoms with Crippen molar-refractivity contribution in [2.45, 2.75) is 10.8 Å². The van der Waals surface area contributed by atoms with Crippen LogP contribution in [0.3, 0.4) is 0 Å². The zero-order chi connectivity index (χ0) is 50.2. The van der Waals surface area contributed by atoms with Crippen molar-refractivity contribution in [1.82, 2.24) is 4.57 Å². The average molecular weight is 967 g/mol. The van der Waals surface area contributed by atoms with E-state index in [2.05, 4.69) is 313 Å². The van der Waals surface area contributed by atoms with Gasteiger partial charge in [0, 0.05) is 33.5 Å². The fourth-order valence-electron chi connectivity index (χ4n) is 13.4. The van der Waals surface area contributed by atoms with Crippen LogP contribution in [0, 0.1) is 0 Å². The SMILES string of the molecule is c1ccc(C2(c3ccccc3)c3ccccc3-c3cc(N(c4ccc(-c5cccc(-n6c7ccccc7c7ccccc76)c5)cc4)c4ccc5c(c4)-c4ccccc4C5(c4ccccc4)c4ccccc4)ccc32)cc1. The summed E-state index contributed by atoms with van der Waals surface area (Å²) in [6, 6.07) is 112. The van der Waals surface area contributed by atoms with E-state index in [1.165, 1.54) is 88.6 Å². The van der Waals surface area contributed by atoms with Gasteiger partial charge in [0.1, 0.15) is 0 Å². The van der Waals surface area contributed by atoms with Gasteiger partial charge in [0.25, 0.3) is 0 Å². The third-order valence-electron chi connectivity index (χ3n) is 16.5. The highest BCUT2D eigenvalue weighted by atomic mass is 15.1. The number of hydrogen-bond donors (Lipinski definition) is 0. The molecule has 1 aromatic heterocycles. The van der Waals surface area contributed by atoms with Gasteiger partial charge in [-0.25, -0.2) is 0 Å². The monoisotopic (exact) mass is 966 g/mol. The van der Waals surface area contributed by atoms with Gasteiger partial charge in [-0.15, -0.1) is 0 Å². The molecule has 0 bridgehead atoms. The molecule has 0 saturated heterocycles. The summed E-state index contributed by atoms with van der Waals surface area (Å²) in [4.78, 5) is 2.47. The minimum atomic E-state index is -0.497. The fraction of sp³-hybridized carbons (Fsp3) is 0.0270. The highest BCUT2D eigenvalue weighted by Gasteiger charge is 2.48. The third-order valence-corrected chi connectivity index (χ3v) is 16.5. The summed E-state index contributed by atoms with van der Waals surface area (Å²) in [5, 5.41) is 2.52. The van der Waals surface area contributed by atoms with Gasteiger partial charge in [-0.1, -0.05) is 243 Å². The Kier molecular flexibility index (Phi) is 10.0. The summed E-state index contributed by atoms with van der Waals surface area (Å²) >= 11 is 0. The Labute approximate surface area is 443 Å². The molecule has 2 heteroatoms. The summed E-state index contributed by atoms with van der Waals surface area (Å²) in [7, 11) is 0. The quantitative estimate of drug-likeness (QED) is 0.140. The summed E-state index contributed by atoms with van der Waals surface area (Å²) in [5.74, 6) is 0. The Morgan fingerprint density at radius 1 is 0.250 bits per heavy atom. The lowest BCUT2D eigenvalue weighted by molar-refractivity contribution is 0.768. The van der Waals surface area contributed by atoms with Crippen LogP contribution in [0.1, 0.15) is 44.5 Å². The van der Waals surface area contributed by atoms with Crippen molar-refractivity contribution in [2.24, 2.45) is 0 Å². The molecule has 2 nitrogen and oxygen atoms in total. The van der Waals surface area contributed by atoms with Crippen LogP contribution in [0.15, 0.2) is 303 Å². The van der Waals surface area contributed by atoms with E-state index in [1.54, 1.807) is 0 Å². The number of anilines is 3. The average Bonchev–Trinajstić information content (AvgIpc) is 4.20. The van der Waals surface area contributed by atoms with Crippen molar-refractivity contribution in [1.29, 1.82) is 0 Å². The lowest BCUT2D eigenvalue weighted by atomic mass is 9.67. The van der Waals surface area contributed by atoms with Crippen LogP contribution in [0.4, 0.5) is 17.1 Å². The maximum atomic E-state index is 2.47. The number of aromatic nitrogens is 1. The lowest BCUT2D eigenvalue weighted by Crippen LogP contribution is -2.28. The van der Waals surface area contributed by atoms with E-state index in [-0.39, 0.29) is 0 Å². The molecule has 2 aliphatic carbocycles. The highest BCUT2D eigenvalue weighted by Crippen LogP contribution is 2.59. The van der Waals surface area contributed by atoms with E-state index in [1.807, 2.05) is 0 Å². The smallest absolute Gasteiger partial charge is 0.0713 e. The minimum Gasteiger partial charge on any atom is -0.310 e. The second-order valence-corrected chi connectivity index (χ2v) is 20.3. The summed E-state index contributed by atoms with van der Waals surface area (Å²) < 4.78 is 2.40. The van der Waals surface area contributed by atoms with Gasteiger partial charge in [0.15, 0.2) is 0 Å². The van der Waals surface area contributed by atoms with E-state index in [0.29, 0.717) is 0 Å². The molecule has 0 saturated carbocycles. The van der Waals surface area contributed by atoms with Gasteiger partial charge in [0.2, 0.25) is 0 Å². The number of benzene rings is 12. The van der Waals surface area contributed by atoms with Crippen LogP contribution in [-0.2, 0) is 10.8 Å². The lowest BCUT2D eigenvalue weighted by Gasteiger charge is -2.34. The van der Waals surface area contributed by atoms with E-state index >= 15 is 0 Å². The van der Waals surface area contributed by atoms with Crippen LogP contribution in [0.5, 0.6) is 0 Å². The van der Waals surface area contributed by atoms with Gasteiger partial charge in [-0.2, -0.15) is 0 Å². The summed E-state index contributed by atoms with van der Waals surface area (Å²) in [6.07, 6.45) is 0. The predicted octanol–water partition coefficient (Wildman–Crippen LogP) is 18.6. The molecule has 0 amide bonds. The van der Waals surface area contributed by atoms with Crippen molar-refractivity contribution in [2.75, 3.05) is 4.90 Å². The van der Waals surface area contributed by atoms with Crippen molar-refractivity contribution in [3.05, 3.63) is 348 Å². The zero-order valence-corrected chi connectivity index (χ0v) is 41.8. The van der Waals surface area contributed by atoms with Gasteiger partial charge in [-0.3, -0.25) is 0 Å². The molecule has 0 atom stereocenters. The Balaban J connectivity index is 0.925. The first-order valence-electron chi connectivity index (χ1n) is 26.4. The van der Waals surface area contributed by atoms with Crippen molar-refractivity contribution in [3.63, 3.8) is 0 Å². The van der Waals surface area contributed by atoms with Gasteiger partial charge in [-0.05, 0) is 139 Å². The van der Waals surface area contributed by atoms with E-state index in [9.17, 15) is 0 Å². The number of para-hydroxylation sites is 2. The first-order chi connectivity index (χ1) is 37.7. The van der Waals surface area contributed by atoms with Crippen LogP contribution < -0.4 is 4.90 Å². The molecule has 15 rings (SSSR count). The molecule has 76 heavy (non-hydrogen) atoms. The molecule has 0 N–H and O–H groups in total. The summed E-state index contributed by atoms with van der Waals surface area (Å²) in [6.45, 7) is 0. The third kappa shape index (κ3) is 6.41. The first kappa shape index (κ1) is 43.8. The molecule has 0 radical (unpaired) electrons. The Morgan fingerprint density at radius 2 is 0.632 bits per heavy atom. The van der Waals surface area contributed by atoms with Crippen LogP contribution in [-0.4, -0.2) is 4.57 Å². The molecule has 1 heterocycles. The van der Waals surface area contributed by atoms with E-state index < -0.39 is 10.8 Å². The van der Waals surface area contributed by atoms with Gasteiger partial charge < -0.3 is 9.47 Å². The maximum Gasteiger partial charge on any atom is 0.0713 e. The fourth-order valence-corrected chi connectivity index (χ4v) is 13.4. The molecule has 0 spiro atoms. The molecule has 13 aromatic rings. The number of nitrogens with zero attached hydrogens (tertiary/aromatic N) is 2. The van der Waals surface area contributed by atoms with Crippen molar-refractivity contribution in [3.8, 4) is 39.1 Å². The van der Waals surface area contributed by atoms with E-state index in [0.717, 1.165) is 33.9 Å². The second-order valence-electron chi connectivity index (χ2n) is 20.3. The predicted molar refractivity (Wildman–Crippen MR) is 316 cm³/mol. The molecule has 356 valence electrons. The maximum absolute atomic E-state index is 2.47. The largest absolute Gasteiger partial charge is 0.310 e. The molecule has 0 aliphatic heterocycles. The normalized spacial score (nSPS) is 13.5. The van der Waals surface area contributed by atoms with Crippen LogP contribution >= 0.6 is 0 Å². The second kappa shape index (κ2) is 17.4. The number of fused-ring (bicyclic) bond motifs is 9. The standard InChI is InChI=1S/C74H50N2/c1-5-23-53(24-6-1)73(54-25-7-2-8-26-54)67-36-17-13-32-61(67)65-49-59(44-46-69(65)73)75(57-42-40-51(41-43-57)52-22-21-31-58(48-52)76-71-38-19-15-34-63(71)64-35-16-20-39-72(64)76)60-45-47-70-66(50-60)62-33-14-18-37-68(62)74(70,55-27-9-3-10-28-55)56-29-11-4-12-30-56/h1-50H. The number of rotatable bonds is 9. The number of hydrogen-bond acceptors (Lipinski definition) is 1. The Morgan fingerprint density at radius 3 is 1.09 bits per heavy atom. The molecular formula is C74H50N2.